The Morgan fingerprint density at radius 2 is 1.95 bits per heavy atom. The molecule has 1 aromatic rings. The molecule has 0 saturated heterocycles. The first-order valence-electron chi connectivity index (χ1n) is 7.04. The van der Waals surface area contributed by atoms with Crippen LogP contribution in [-0.4, -0.2) is 35.8 Å². The van der Waals surface area contributed by atoms with E-state index in [4.69, 9.17) is 11.5 Å². The highest BCUT2D eigenvalue weighted by Crippen LogP contribution is 2.14. The first-order chi connectivity index (χ1) is 9.93. The molecule has 1 aromatic carbocycles. The highest BCUT2D eigenvalue weighted by atomic mass is 16.2. The molecule has 0 aliphatic carbocycles. The summed E-state index contributed by atoms with van der Waals surface area (Å²) in [4.78, 5) is 24.9. The van der Waals surface area contributed by atoms with E-state index in [9.17, 15) is 9.59 Å². The lowest BCUT2D eigenvalue weighted by atomic mass is 10.1. The highest BCUT2D eigenvalue weighted by Gasteiger charge is 2.14. The Balaban J connectivity index is 2.55. The summed E-state index contributed by atoms with van der Waals surface area (Å²) in [7, 11) is 0. The van der Waals surface area contributed by atoms with Gasteiger partial charge in [-0.15, -0.1) is 0 Å². The van der Waals surface area contributed by atoms with Gasteiger partial charge in [-0.2, -0.15) is 0 Å². The largest absolute Gasteiger partial charge is 0.369 e. The number of nitrogens with one attached hydrogen (secondary N) is 1. The van der Waals surface area contributed by atoms with Gasteiger partial charge in [-0.05, 0) is 25.5 Å². The summed E-state index contributed by atoms with van der Waals surface area (Å²) in [5.74, 6) is -0.497. The molecule has 0 radical (unpaired) electrons. The van der Waals surface area contributed by atoms with Crippen molar-refractivity contribution in [1.29, 1.82) is 0 Å². The van der Waals surface area contributed by atoms with Crippen molar-refractivity contribution in [3.05, 3.63) is 29.8 Å². The lowest BCUT2D eigenvalue weighted by Gasteiger charge is -2.24. The predicted molar refractivity (Wildman–Crippen MR) is 83.5 cm³/mol. The van der Waals surface area contributed by atoms with Crippen molar-refractivity contribution < 1.29 is 9.59 Å². The Kier molecular flexibility index (Phi) is 6.84. The number of anilines is 1. The van der Waals surface area contributed by atoms with Gasteiger partial charge >= 0.3 is 0 Å². The number of rotatable bonds is 8. The van der Waals surface area contributed by atoms with Gasteiger partial charge in [0, 0.05) is 31.2 Å². The van der Waals surface area contributed by atoms with Gasteiger partial charge in [-0.25, -0.2) is 0 Å². The van der Waals surface area contributed by atoms with Crippen LogP contribution in [0.2, 0.25) is 0 Å². The second kappa shape index (κ2) is 8.39. The van der Waals surface area contributed by atoms with Gasteiger partial charge in [0.15, 0.2) is 0 Å². The van der Waals surface area contributed by atoms with Crippen LogP contribution in [0.5, 0.6) is 0 Å². The molecule has 0 aliphatic rings. The number of nitrogens with two attached hydrogens (primary N) is 2. The van der Waals surface area contributed by atoms with Crippen LogP contribution in [0.25, 0.3) is 0 Å². The van der Waals surface area contributed by atoms with Gasteiger partial charge in [0.2, 0.25) is 11.8 Å². The zero-order valence-electron chi connectivity index (χ0n) is 12.6. The van der Waals surface area contributed by atoms with Crippen molar-refractivity contribution in [2.45, 2.75) is 32.9 Å². The summed E-state index contributed by atoms with van der Waals surface area (Å²) in [6, 6.07) is 7.59. The third-order valence-electron chi connectivity index (χ3n) is 3.23. The molecule has 6 heteroatoms. The van der Waals surface area contributed by atoms with Crippen molar-refractivity contribution in [1.82, 2.24) is 4.90 Å². The Morgan fingerprint density at radius 1 is 1.29 bits per heavy atom. The van der Waals surface area contributed by atoms with Gasteiger partial charge in [0.1, 0.15) is 0 Å². The van der Waals surface area contributed by atoms with Crippen molar-refractivity contribution in [3.63, 3.8) is 0 Å². The fourth-order valence-electron chi connectivity index (χ4n) is 2.00. The van der Waals surface area contributed by atoms with Crippen molar-refractivity contribution in [2.75, 3.05) is 18.4 Å². The van der Waals surface area contributed by atoms with Crippen LogP contribution in [0.15, 0.2) is 24.3 Å². The van der Waals surface area contributed by atoms with Gasteiger partial charge in [-0.1, -0.05) is 18.2 Å². The Bertz CT molecular complexity index is 488. The lowest BCUT2D eigenvalue weighted by molar-refractivity contribution is -0.121. The minimum atomic E-state index is -0.391. The van der Waals surface area contributed by atoms with E-state index in [-0.39, 0.29) is 18.5 Å². The molecule has 0 heterocycles. The van der Waals surface area contributed by atoms with Crippen LogP contribution < -0.4 is 16.8 Å². The minimum absolute atomic E-state index is 0.106. The SMILES string of the molecule is CC(C)N(CCC(=O)Nc1ccccc1CN)CC(N)=O. The summed E-state index contributed by atoms with van der Waals surface area (Å²) in [5.41, 5.74) is 12.5. The summed E-state index contributed by atoms with van der Waals surface area (Å²) in [6.45, 7) is 4.94. The Labute approximate surface area is 125 Å². The molecule has 2 amide bonds. The molecule has 6 nitrogen and oxygen atoms in total. The molecule has 116 valence electrons. The van der Waals surface area contributed by atoms with E-state index in [1.54, 1.807) is 0 Å². The average Bonchev–Trinajstić information content (AvgIpc) is 2.43. The zero-order chi connectivity index (χ0) is 15.8. The molecular formula is C15H24N4O2. The predicted octanol–water partition coefficient (Wildman–Crippen LogP) is 0.670. The maximum absolute atomic E-state index is 12.0. The maximum atomic E-state index is 12.0. The molecule has 0 fully saturated rings. The van der Waals surface area contributed by atoms with Gasteiger partial charge in [0.25, 0.3) is 0 Å². The molecule has 0 aliphatic heterocycles. The van der Waals surface area contributed by atoms with E-state index >= 15 is 0 Å². The van der Waals surface area contributed by atoms with Crippen LogP contribution in [-0.2, 0) is 16.1 Å². The average molecular weight is 292 g/mol. The minimum Gasteiger partial charge on any atom is -0.369 e. The number of para-hydroxylation sites is 1. The van der Waals surface area contributed by atoms with Crippen LogP contribution >= 0.6 is 0 Å². The molecule has 0 unspecified atom stereocenters. The smallest absolute Gasteiger partial charge is 0.231 e. The number of nitrogens with zero attached hydrogens (tertiary/aromatic N) is 1. The lowest BCUT2D eigenvalue weighted by Crippen LogP contribution is -2.40. The Morgan fingerprint density at radius 3 is 2.52 bits per heavy atom. The number of benzene rings is 1. The van der Waals surface area contributed by atoms with E-state index in [1.165, 1.54) is 0 Å². The fourth-order valence-corrected chi connectivity index (χ4v) is 2.00. The van der Waals surface area contributed by atoms with E-state index in [0.717, 1.165) is 11.3 Å². The number of carbonyl (C=O) groups is 2. The third kappa shape index (κ3) is 5.93. The number of primary amides is 1. The molecule has 5 N–H and O–H groups in total. The monoisotopic (exact) mass is 292 g/mol. The standard InChI is InChI=1S/C15H24N4O2/c1-11(2)19(10-14(17)20)8-7-15(21)18-13-6-4-3-5-12(13)9-16/h3-6,11H,7-10,16H2,1-2H3,(H2,17,20)(H,18,21). The molecule has 0 bridgehead atoms. The van der Waals surface area contributed by atoms with Crippen LogP contribution in [0, 0.1) is 0 Å². The van der Waals surface area contributed by atoms with Crippen LogP contribution in [0.4, 0.5) is 5.69 Å². The molecule has 21 heavy (non-hydrogen) atoms. The summed E-state index contributed by atoms with van der Waals surface area (Å²) >= 11 is 0. The van der Waals surface area contributed by atoms with Crippen molar-refractivity contribution in [3.8, 4) is 0 Å². The van der Waals surface area contributed by atoms with E-state index in [0.29, 0.717) is 19.5 Å². The molecule has 0 aromatic heterocycles. The highest BCUT2D eigenvalue weighted by molar-refractivity contribution is 5.91. The van der Waals surface area contributed by atoms with Crippen molar-refractivity contribution >= 4 is 17.5 Å². The molecule has 0 atom stereocenters. The van der Waals surface area contributed by atoms with E-state index in [1.807, 2.05) is 43.0 Å². The van der Waals surface area contributed by atoms with Crippen LogP contribution in [0.1, 0.15) is 25.8 Å². The fraction of sp³-hybridized carbons (Fsp3) is 0.467. The summed E-state index contributed by atoms with van der Waals surface area (Å²) in [6.07, 6.45) is 0.296. The van der Waals surface area contributed by atoms with E-state index < -0.39 is 5.91 Å². The quantitative estimate of drug-likeness (QED) is 0.655. The van der Waals surface area contributed by atoms with Crippen molar-refractivity contribution in [2.24, 2.45) is 11.5 Å². The number of hydrogen-bond acceptors (Lipinski definition) is 4. The van der Waals surface area contributed by atoms with Gasteiger partial charge in [-0.3, -0.25) is 14.5 Å². The maximum Gasteiger partial charge on any atom is 0.231 e. The molecule has 0 saturated carbocycles. The molecular weight excluding hydrogens is 268 g/mol. The normalized spacial score (nSPS) is 10.9. The second-order valence-electron chi connectivity index (χ2n) is 5.19. The number of carbonyl (C=O) groups excluding carboxylic acids is 2. The summed E-state index contributed by atoms with van der Waals surface area (Å²) < 4.78 is 0. The Hall–Kier alpha value is -1.92. The van der Waals surface area contributed by atoms with E-state index in [2.05, 4.69) is 5.32 Å². The topological polar surface area (TPSA) is 101 Å². The third-order valence-corrected chi connectivity index (χ3v) is 3.23. The zero-order valence-corrected chi connectivity index (χ0v) is 12.6. The molecule has 0 spiro atoms. The molecule has 1 rings (SSSR count). The van der Waals surface area contributed by atoms with Gasteiger partial charge < -0.3 is 16.8 Å². The van der Waals surface area contributed by atoms with Gasteiger partial charge in [0.05, 0.1) is 6.54 Å². The first-order valence-corrected chi connectivity index (χ1v) is 7.04. The number of hydrogen-bond donors (Lipinski definition) is 3. The first kappa shape index (κ1) is 17.1. The number of amides is 2. The second-order valence-corrected chi connectivity index (χ2v) is 5.19. The summed E-state index contributed by atoms with van der Waals surface area (Å²) in [5, 5.41) is 2.85. The van der Waals surface area contributed by atoms with Crippen LogP contribution in [0.3, 0.4) is 0 Å².